The Labute approximate surface area is 98.0 Å². The van der Waals surface area contributed by atoms with Crippen molar-refractivity contribution in [2.45, 2.75) is 20.3 Å². The molecule has 2 rings (SSSR count). The number of nitrogens with zero attached hydrogens (tertiary/aromatic N) is 2. The third kappa shape index (κ3) is 2.09. The highest BCUT2D eigenvalue weighted by Gasteiger charge is 2.17. The molecule has 0 saturated heterocycles. The molecule has 2 aromatic rings. The molecule has 1 aromatic heterocycles. The summed E-state index contributed by atoms with van der Waals surface area (Å²) >= 11 is 0. The van der Waals surface area contributed by atoms with Crippen LogP contribution in [0.4, 0.5) is 14.6 Å². The highest BCUT2D eigenvalue weighted by Crippen LogP contribution is 2.28. The summed E-state index contributed by atoms with van der Waals surface area (Å²) in [6.07, 6.45) is 0.931. The largest absolute Gasteiger partial charge is 0.354 e. The minimum absolute atomic E-state index is 0.0101. The van der Waals surface area contributed by atoms with Crippen LogP contribution in [0.5, 0.6) is 0 Å². The molecule has 0 aliphatic rings. The number of fused-ring (bicyclic) bond motifs is 1. The van der Waals surface area contributed by atoms with Gasteiger partial charge in [-0.2, -0.15) is 0 Å². The van der Waals surface area contributed by atoms with Gasteiger partial charge in [-0.1, -0.05) is 12.1 Å². The Hall–Kier alpha value is -1.65. The molecular weight excluding hydrogens is 226 g/mol. The average Bonchev–Trinajstić information content (AvgIpc) is 2.69. The van der Waals surface area contributed by atoms with Crippen LogP contribution >= 0.6 is 0 Å². The van der Waals surface area contributed by atoms with E-state index in [-0.39, 0.29) is 5.58 Å². The van der Waals surface area contributed by atoms with Gasteiger partial charge in [-0.05, 0) is 19.4 Å². The maximum absolute atomic E-state index is 13.4. The van der Waals surface area contributed by atoms with Crippen molar-refractivity contribution in [3.05, 3.63) is 23.8 Å². The molecule has 1 aromatic carbocycles. The predicted molar refractivity (Wildman–Crippen MR) is 62.1 cm³/mol. The third-order valence-corrected chi connectivity index (χ3v) is 2.65. The lowest BCUT2D eigenvalue weighted by molar-refractivity contribution is 0.438. The van der Waals surface area contributed by atoms with Gasteiger partial charge in [0.05, 0.1) is 5.39 Å². The van der Waals surface area contributed by atoms with E-state index in [1.54, 1.807) is 0 Å². The van der Waals surface area contributed by atoms with Crippen LogP contribution in [0.2, 0.25) is 0 Å². The van der Waals surface area contributed by atoms with Crippen molar-refractivity contribution < 1.29 is 13.3 Å². The van der Waals surface area contributed by atoms with Gasteiger partial charge in [-0.15, -0.1) is 0 Å². The third-order valence-electron chi connectivity index (χ3n) is 2.65. The van der Waals surface area contributed by atoms with Crippen molar-refractivity contribution in [2.24, 2.45) is 0 Å². The quantitative estimate of drug-likeness (QED) is 0.820. The Morgan fingerprint density at radius 2 is 2.06 bits per heavy atom. The summed E-state index contributed by atoms with van der Waals surface area (Å²) in [5.41, 5.74) is 0.0101. The molecule has 0 atom stereocenters. The van der Waals surface area contributed by atoms with Crippen LogP contribution in [0.1, 0.15) is 20.3 Å². The molecule has 1 heterocycles. The van der Waals surface area contributed by atoms with Crippen LogP contribution in [-0.2, 0) is 0 Å². The highest BCUT2D eigenvalue weighted by molar-refractivity contribution is 5.88. The topological polar surface area (TPSA) is 29.3 Å². The zero-order valence-corrected chi connectivity index (χ0v) is 9.83. The second-order valence-corrected chi connectivity index (χ2v) is 3.85. The Balaban J connectivity index is 2.54. The zero-order valence-electron chi connectivity index (χ0n) is 9.83. The highest BCUT2D eigenvalue weighted by atomic mass is 19.1. The molecule has 0 bridgehead atoms. The van der Waals surface area contributed by atoms with Gasteiger partial charge in [-0.25, -0.2) is 8.78 Å². The zero-order chi connectivity index (χ0) is 12.4. The minimum atomic E-state index is -0.716. The van der Waals surface area contributed by atoms with Crippen molar-refractivity contribution in [2.75, 3.05) is 18.0 Å². The molecular formula is C12H14F2N2O. The fraction of sp³-hybridized carbons (Fsp3) is 0.417. The van der Waals surface area contributed by atoms with Crippen molar-refractivity contribution >= 4 is 16.8 Å². The summed E-state index contributed by atoms with van der Waals surface area (Å²) in [7, 11) is 0. The fourth-order valence-corrected chi connectivity index (χ4v) is 1.87. The number of halogens is 2. The number of hydrogen-bond acceptors (Lipinski definition) is 3. The first-order chi connectivity index (χ1) is 8.17. The van der Waals surface area contributed by atoms with Crippen LogP contribution < -0.4 is 4.90 Å². The van der Waals surface area contributed by atoms with Gasteiger partial charge in [0.2, 0.25) is 5.58 Å². The maximum Gasteiger partial charge on any atom is 0.204 e. The van der Waals surface area contributed by atoms with Crippen LogP contribution in [0, 0.1) is 11.6 Å². The maximum atomic E-state index is 13.4. The fourth-order valence-electron chi connectivity index (χ4n) is 1.87. The van der Waals surface area contributed by atoms with Crippen molar-refractivity contribution in [3.63, 3.8) is 0 Å². The van der Waals surface area contributed by atoms with Gasteiger partial charge in [0.15, 0.2) is 11.6 Å². The number of benzene rings is 1. The summed E-state index contributed by atoms with van der Waals surface area (Å²) in [5, 5.41) is 4.22. The summed E-state index contributed by atoms with van der Waals surface area (Å²) in [6, 6.07) is 2.05. The molecule has 0 N–H and O–H groups in total. The van der Waals surface area contributed by atoms with Gasteiger partial charge in [0.1, 0.15) is 5.82 Å². The molecule has 0 fully saturated rings. The molecule has 3 nitrogen and oxygen atoms in total. The van der Waals surface area contributed by atoms with E-state index in [1.165, 1.54) is 6.07 Å². The van der Waals surface area contributed by atoms with E-state index in [4.69, 9.17) is 4.52 Å². The second-order valence-electron chi connectivity index (χ2n) is 3.85. The average molecular weight is 240 g/mol. The standard InChI is InChI=1S/C12H14F2N2O/c1-3-5-16(4-2)12-9-6-8(13)7-10(14)11(9)17-15-12/h6-7H,3-5H2,1-2H3. The number of anilines is 1. The number of rotatable bonds is 4. The molecule has 0 aliphatic carbocycles. The molecule has 0 amide bonds. The molecule has 0 saturated carbocycles. The van der Waals surface area contributed by atoms with Gasteiger partial charge < -0.3 is 9.42 Å². The van der Waals surface area contributed by atoms with Crippen molar-refractivity contribution in [3.8, 4) is 0 Å². The van der Waals surface area contributed by atoms with E-state index >= 15 is 0 Å². The molecule has 0 unspecified atom stereocenters. The van der Waals surface area contributed by atoms with Crippen LogP contribution in [-0.4, -0.2) is 18.2 Å². The molecule has 17 heavy (non-hydrogen) atoms. The van der Waals surface area contributed by atoms with E-state index in [1.807, 2.05) is 18.7 Å². The molecule has 92 valence electrons. The lowest BCUT2D eigenvalue weighted by atomic mass is 10.2. The minimum Gasteiger partial charge on any atom is -0.354 e. The monoisotopic (exact) mass is 240 g/mol. The first kappa shape index (κ1) is 11.8. The van der Waals surface area contributed by atoms with Gasteiger partial charge in [0, 0.05) is 19.2 Å². The Morgan fingerprint density at radius 1 is 1.29 bits per heavy atom. The molecule has 0 aliphatic heterocycles. The van der Waals surface area contributed by atoms with E-state index < -0.39 is 11.6 Å². The number of hydrogen-bond donors (Lipinski definition) is 0. The molecule has 5 heteroatoms. The van der Waals surface area contributed by atoms with Crippen molar-refractivity contribution in [1.82, 2.24) is 5.16 Å². The summed E-state index contributed by atoms with van der Waals surface area (Å²) in [5.74, 6) is -0.832. The van der Waals surface area contributed by atoms with E-state index in [9.17, 15) is 8.78 Å². The molecule has 0 spiro atoms. The van der Waals surface area contributed by atoms with Gasteiger partial charge in [0.25, 0.3) is 0 Å². The van der Waals surface area contributed by atoms with E-state index in [2.05, 4.69) is 5.16 Å². The Kier molecular flexibility index (Phi) is 3.26. The lowest BCUT2D eigenvalue weighted by Gasteiger charge is -2.18. The SMILES string of the molecule is CCCN(CC)c1noc2c(F)cc(F)cc12. The summed E-state index contributed by atoms with van der Waals surface area (Å²) in [4.78, 5) is 1.94. The first-order valence-corrected chi connectivity index (χ1v) is 5.66. The van der Waals surface area contributed by atoms with Gasteiger partial charge >= 0.3 is 0 Å². The van der Waals surface area contributed by atoms with Gasteiger partial charge in [-0.3, -0.25) is 0 Å². The smallest absolute Gasteiger partial charge is 0.204 e. The first-order valence-electron chi connectivity index (χ1n) is 5.66. The van der Waals surface area contributed by atoms with E-state index in [0.717, 1.165) is 19.0 Å². The Morgan fingerprint density at radius 3 is 2.71 bits per heavy atom. The van der Waals surface area contributed by atoms with Crippen molar-refractivity contribution in [1.29, 1.82) is 0 Å². The normalized spacial score (nSPS) is 11.1. The summed E-state index contributed by atoms with van der Waals surface area (Å²) < 4.78 is 31.5. The van der Waals surface area contributed by atoms with E-state index in [0.29, 0.717) is 17.7 Å². The summed E-state index contributed by atoms with van der Waals surface area (Å²) in [6.45, 7) is 5.49. The lowest BCUT2D eigenvalue weighted by Crippen LogP contribution is -2.23. The van der Waals surface area contributed by atoms with Crippen LogP contribution in [0.25, 0.3) is 11.0 Å². The van der Waals surface area contributed by atoms with Crippen LogP contribution in [0.15, 0.2) is 16.7 Å². The molecule has 0 radical (unpaired) electrons. The van der Waals surface area contributed by atoms with Crippen LogP contribution in [0.3, 0.4) is 0 Å². The second kappa shape index (κ2) is 4.69. The predicted octanol–water partition coefficient (Wildman–Crippen LogP) is 3.34. The Bertz CT molecular complexity index is 524. The number of aromatic nitrogens is 1.